The Kier molecular flexibility index (Phi) is 7.46. The quantitative estimate of drug-likeness (QED) is 0.394. The maximum atomic E-state index is 14.3. The summed E-state index contributed by atoms with van der Waals surface area (Å²) in [5, 5.41) is 3.09. The predicted molar refractivity (Wildman–Crippen MR) is 160 cm³/mol. The Morgan fingerprint density at radius 2 is 1.62 bits per heavy atom. The Labute approximate surface area is 237 Å². The molecule has 2 amide bonds. The molecule has 1 aromatic rings. The Hall–Kier alpha value is -2.14. The van der Waals surface area contributed by atoms with Gasteiger partial charge in [0, 0.05) is 16.6 Å². The van der Waals surface area contributed by atoms with Crippen LogP contribution in [0.4, 0.5) is 5.69 Å². The molecule has 1 aromatic carbocycles. The van der Waals surface area contributed by atoms with Crippen LogP contribution in [0.15, 0.2) is 42.0 Å². The summed E-state index contributed by atoms with van der Waals surface area (Å²) >= 11 is 0. The van der Waals surface area contributed by atoms with Gasteiger partial charge in [-0.15, -0.1) is 0 Å². The zero-order chi connectivity index (χ0) is 29.1. The van der Waals surface area contributed by atoms with Crippen molar-refractivity contribution in [3.05, 3.63) is 42.0 Å². The van der Waals surface area contributed by atoms with Gasteiger partial charge < -0.3 is 10.1 Å². The SMILES string of the molecule is CC1=CC[C@H]2C(C)(C)CCC[C@]2(C)[C@@]12CC[C@@](C)(CC(=O)N(c1ccccc1)C(C)(C)C(=O)NC(C)(C)C)O2. The van der Waals surface area contributed by atoms with Crippen molar-refractivity contribution in [3.63, 3.8) is 0 Å². The molecule has 2 fully saturated rings. The van der Waals surface area contributed by atoms with Crippen LogP contribution in [0.1, 0.15) is 114 Å². The molecule has 5 heteroatoms. The van der Waals surface area contributed by atoms with E-state index >= 15 is 0 Å². The average Bonchev–Trinajstić information content (AvgIpc) is 3.15. The van der Waals surface area contributed by atoms with E-state index in [4.69, 9.17) is 4.74 Å². The molecule has 39 heavy (non-hydrogen) atoms. The summed E-state index contributed by atoms with van der Waals surface area (Å²) in [5.41, 5.74) is -0.0753. The van der Waals surface area contributed by atoms with Gasteiger partial charge in [-0.25, -0.2) is 0 Å². The number of para-hydroxylation sites is 1. The van der Waals surface area contributed by atoms with E-state index in [9.17, 15) is 9.59 Å². The van der Waals surface area contributed by atoms with Crippen LogP contribution in [-0.2, 0) is 14.3 Å². The minimum absolute atomic E-state index is 0.0410. The maximum absolute atomic E-state index is 14.3. The molecular weight excluding hydrogens is 484 g/mol. The Bertz CT molecular complexity index is 1130. The number of anilines is 1. The molecule has 5 nitrogen and oxygen atoms in total. The zero-order valence-electron chi connectivity index (χ0n) is 26.2. The largest absolute Gasteiger partial charge is 0.363 e. The van der Waals surface area contributed by atoms with E-state index in [1.807, 2.05) is 65.0 Å². The number of benzene rings is 1. The Balaban J connectivity index is 1.66. The summed E-state index contributed by atoms with van der Waals surface area (Å²) in [5.74, 6) is 0.297. The van der Waals surface area contributed by atoms with Crippen molar-refractivity contribution in [2.24, 2.45) is 16.7 Å². The minimum Gasteiger partial charge on any atom is -0.363 e. The summed E-state index contributed by atoms with van der Waals surface area (Å²) in [7, 11) is 0. The third-order valence-electron chi connectivity index (χ3n) is 10.3. The van der Waals surface area contributed by atoms with Crippen molar-refractivity contribution in [3.8, 4) is 0 Å². The highest BCUT2D eigenvalue weighted by atomic mass is 16.5. The number of carbonyl (C=O) groups excluding carboxylic acids is 2. The van der Waals surface area contributed by atoms with Crippen LogP contribution >= 0.6 is 0 Å². The molecule has 0 bridgehead atoms. The number of rotatable bonds is 5. The van der Waals surface area contributed by atoms with E-state index in [2.05, 4.69) is 46.0 Å². The van der Waals surface area contributed by atoms with Crippen molar-refractivity contribution in [2.45, 2.75) is 136 Å². The Morgan fingerprint density at radius 3 is 2.23 bits per heavy atom. The molecule has 4 rings (SSSR count). The monoisotopic (exact) mass is 536 g/mol. The van der Waals surface area contributed by atoms with Gasteiger partial charge in [-0.3, -0.25) is 14.5 Å². The van der Waals surface area contributed by atoms with Gasteiger partial charge in [0.2, 0.25) is 11.8 Å². The van der Waals surface area contributed by atoms with E-state index in [0.717, 1.165) is 31.4 Å². The van der Waals surface area contributed by atoms with Crippen LogP contribution in [0.5, 0.6) is 0 Å². The molecule has 4 atom stereocenters. The molecule has 1 saturated carbocycles. The normalized spacial score (nSPS) is 32.4. The number of hydrogen-bond donors (Lipinski definition) is 1. The van der Waals surface area contributed by atoms with E-state index in [0.29, 0.717) is 5.92 Å². The highest BCUT2D eigenvalue weighted by Gasteiger charge is 2.64. The molecule has 0 aromatic heterocycles. The summed E-state index contributed by atoms with van der Waals surface area (Å²) in [6.07, 6.45) is 9.14. The molecular formula is C34H52N2O3. The fraction of sp³-hybridized carbons (Fsp3) is 0.706. The van der Waals surface area contributed by atoms with Crippen molar-refractivity contribution in [2.75, 3.05) is 4.90 Å². The summed E-state index contributed by atoms with van der Waals surface area (Å²) in [6.45, 7) is 21.2. The second-order valence-corrected chi connectivity index (χ2v) is 15.3. The first-order chi connectivity index (χ1) is 17.9. The lowest BCUT2D eigenvalue weighted by Crippen LogP contribution is -2.61. The Morgan fingerprint density at radius 1 is 0.974 bits per heavy atom. The van der Waals surface area contributed by atoms with Crippen LogP contribution in [0.2, 0.25) is 0 Å². The molecule has 1 spiro atoms. The van der Waals surface area contributed by atoms with E-state index < -0.39 is 16.7 Å². The van der Waals surface area contributed by atoms with E-state index in [1.165, 1.54) is 18.4 Å². The molecule has 1 aliphatic heterocycles. The first kappa shape index (κ1) is 29.8. The predicted octanol–water partition coefficient (Wildman–Crippen LogP) is 7.59. The van der Waals surface area contributed by atoms with Crippen LogP contribution in [-0.4, -0.2) is 34.1 Å². The first-order valence-electron chi connectivity index (χ1n) is 15.0. The average molecular weight is 537 g/mol. The molecule has 3 aliphatic rings. The second-order valence-electron chi connectivity index (χ2n) is 15.3. The van der Waals surface area contributed by atoms with Crippen molar-refractivity contribution >= 4 is 17.5 Å². The van der Waals surface area contributed by atoms with Crippen LogP contribution in [0, 0.1) is 16.7 Å². The number of amides is 2. The number of nitrogens with zero attached hydrogens (tertiary/aromatic N) is 1. The number of hydrogen-bond acceptors (Lipinski definition) is 3. The molecule has 0 radical (unpaired) electrons. The van der Waals surface area contributed by atoms with Gasteiger partial charge >= 0.3 is 0 Å². The second kappa shape index (κ2) is 9.75. The van der Waals surface area contributed by atoms with Gasteiger partial charge in [-0.2, -0.15) is 0 Å². The fourth-order valence-electron chi connectivity index (χ4n) is 8.21. The summed E-state index contributed by atoms with van der Waals surface area (Å²) in [6, 6.07) is 9.58. The van der Waals surface area contributed by atoms with Gasteiger partial charge in [0.15, 0.2) is 0 Å². The van der Waals surface area contributed by atoms with Gasteiger partial charge in [0.05, 0.1) is 17.6 Å². The molecule has 1 heterocycles. The summed E-state index contributed by atoms with van der Waals surface area (Å²) in [4.78, 5) is 29.5. The molecule has 216 valence electrons. The maximum Gasteiger partial charge on any atom is 0.246 e. The third kappa shape index (κ3) is 5.21. The summed E-state index contributed by atoms with van der Waals surface area (Å²) < 4.78 is 7.25. The first-order valence-corrected chi connectivity index (χ1v) is 15.0. The third-order valence-corrected chi connectivity index (χ3v) is 10.3. The number of nitrogens with one attached hydrogen (secondary N) is 1. The molecule has 1 N–H and O–H groups in total. The van der Waals surface area contributed by atoms with Gasteiger partial charge in [0.25, 0.3) is 0 Å². The smallest absolute Gasteiger partial charge is 0.246 e. The number of allylic oxidation sites excluding steroid dienone is 1. The van der Waals surface area contributed by atoms with Gasteiger partial charge in [0.1, 0.15) is 5.54 Å². The lowest BCUT2D eigenvalue weighted by molar-refractivity contribution is -0.190. The highest BCUT2D eigenvalue weighted by molar-refractivity contribution is 6.03. The lowest BCUT2D eigenvalue weighted by Gasteiger charge is -2.61. The van der Waals surface area contributed by atoms with Crippen molar-refractivity contribution < 1.29 is 14.3 Å². The molecule has 2 aliphatic carbocycles. The van der Waals surface area contributed by atoms with Gasteiger partial charge in [-0.1, -0.05) is 51.5 Å². The topological polar surface area (TPSA) is 58.6 Å². The number of ether oxygens (including phenoxy) is 1. The van der Waals surface area contributed by atoms with Crippen molar-refractivity contribution in [1.29, 1.82) is 0 Å². The highest BCUT2D eigenvalue weighted by Crippen LogP contribution is 2.66. The van der Waals surface area contributed by atoms with E-state index in [1.54, 1.807) is 4.90 Å². The fourth-order valence-corrected chi connectivity index (χ4v) is 8.21. The minimum atomic E-state index is -1.08. The molecule has 0 unspecified atom stereocenters. The number of fused-ring (bicyclic) bond motifs is 2. The zero-order valence-corrected chi connectivity index (χ0v) is 26.2. The van der Waals surface area contributed by atoms with Crippen LogP contribution < -0.4 is 10.2 Å². The van der Waals surface area contributed by atoms with Gasteiger partial charge in [-0.05, 0) is 110 Å². The van der Waals surface area contributed by atoms with E-state index in [-0.39, 0.29) is 34.7 Å². The number of carbonyl (C=O) groups is 2. The lowest BCUT2D eigenvalue weighted by atomic mass is 9.46. The van der Waals surface area contributed by atoms with Crippen LogP contribution in [0.25, 0.3) is 0 Å². The molecule has 1 saturated heterocycles. The van der Waals surface area contributed by atoms with Crippen molar-refractivity contribution in [1.82, 2.24) is 5.32 Å². The standard InChI is InChI=1S/C34H52N2O3/c1-24-17-18-26-30(5,6)19-14-20-33(26,10)34(24)22-21-32(9,39-34)23-27(37)36(25-15-12-11-13-16-25)31(7,8)28(38)35-29(2,3)4/h11-13,15-17,26H,14,18-23H2,1-10H3,(H,35,38)/t26-,32-,33-,34+/m0/s1. The van der Waals surface area contributed by atoms with Crippen LogP contribution in [0.3, 0.4) is 0 Å².